The average molecular weight is 316 g/mol. The van der Waals surface area contributed by atoms with Gasteiger partial charge in [0, 0.05) is 20.8 Å². The molecule has 1 aliphatic rings. The van der Waals surface area contributed by atoms with Crippen LogP contribution in [-0.4, -0.2) is 48.9 Å². The Labute approximate surface area is 130 Å². The van der Waals surface area contributed by atoms with Crippen molar-refractivity contribution in [1.82, 2.24) is 0 Å². The smallest absolute Gasteiger partial charge is 0.303 e. The van der Waals surface area contributed by atoms with Crippen LogP contribution in [0.3, 0.4) is 0 Å². The van der Waals surface area contributed by atoms with Crippen LogP contribution in [0.15, 0.2) is 0 Å². The minimum Gasteiger partial charge on any atom is -0.456 e. The lowest BCUT2D eigenvalue weighted by molar-refractivity contribution is -0.226. The molecule has 0 aliphatic carbocycles. The quantitative estimate of drug-likeness (QED) is 0.540. The average Bonchev–Trinajstić information content (AvgIpc) is 2.40. The Bertz CT molecular complexity index is 407. The van der Waals surface area contributed by atoms with Crippen LogP contribution in [-0.2, 0) is 33.3 Å². The number of rotatable bonds is 6. The highest BCUT2D eigenvalue weighted by atomic mass is 16.6. The molecule has 1 rings (SSSR count). The fraction of sp³-hybridized carbons (Fsp3) is 0.800. The van der Waals surface area contributed by atoms with Crippen LogP contribution >= 0.6 is 0 Å². The molecule has 0 amide bonds. The first-order chi connectivity index (χ1) is 10.3. The summed E-state index contributed by atoms with van der Waals surface area (Å²) in [6, 6.07) is 0. The van der Waals surface area contributed by atoms with Gasteiger partial charge in [0.05, 0.1) is 12.7 Å². The molecule has 1 aliphatic heterocycles. The highest BCUT2D eigenvalue weighted by Crippen LogP contribution is 2.27. The summed E-state index contributed by atoms with van der Waals surface area (Å²) < 4.78 is 21.4. The molecule has 1 heterocycles. The molecule has 22 heavy (non-hydrogen) atoms. The number of carbonyl (C=O) groups excluding carboxylic acids is 3. The van der Waals surface area contributed by atoms with E-state index >= 15 is 0 Å². The van der Waals surface area contributed by atoms with Gasteiger partial charge in [-0.15, -0.1) is 0 Å². The number of esters is 3. The SMILES string of the molecule is CCCC[C@@H]1OC[C@H](OC(C)=O)[C@@H](OC(C)=O)[C@H]1OC(C)=O. The van der Waals surface area contributed by atoms with E-state index in [4.69, 9.17) is 18.9 Å². The molecule has 1 saturated heterocycles. The van der Waals surface area contributed by atoms with E-state index in [2.05, 4.69) is 0 Å². The molecule has 0 spiro atoms. The zero-order valence-electron chi connectivity index (χ0n) is 13.5. The van der Waals surface area contributed by atoms with Crippen molar-refractivity contribution in [3.63, 3.8) is 0 Å². The summed E-state index contributed by atoms with van der Waals surface area (Å²) in [4.78, 5) is 33.9. The van der Waals surface area contributed by atoms with Gasteiger partial charge in [0.1, 0.15) is 0 Å². The second-order valence-corrected chi connectivity index (χ2v) is 5.31. The maximum absolute atomic E-state index is 11.4. The highest BCUT2D eigenvalue weighted by Gasteiger charge is 2.46. The lowest BCUT2D eigenvalue weighted by atomic mass is 9.95. The maximum atomic E-state index is 11.4. The van der Waals surface area contributed by atoms with Gasteiger partial charge in [0.25, 0.3) is 0 Å². The zero-order valence-corrected chi connectivity index (χ0v) is 13.5. The molecular formula is C15H24O7. The summed E-state index contributed by atoms with van der Waals surface area (Å²) in [5.74, 6) is -1.55. The Hall–Kier alpha value is -1.63. The topological polar surface area (TPSA) is 88.1 Å². The molecule has 1 fully saturated rings. The molecule has 0 N–H and O–H groups in total. The van der Waals surface area contributed by atoms with Crippen molar-refractivity contribution in [3.8, 4) is 0 Å². The molecule has 7 heteroatoms. The van der Waals surface area contributed by atoms with E-state index in [0.29, 0.717) is 6.42 Å². The van der Waals surface area contributed by atoms with Crippen LogP contribution in [0.2, 0.25) is 0 Å². The third kappa shape index (κ3) is 5.63. The largest absolute Gasteiger partial charge is 0.456 e. The van der Waals surface area contributed by atoms with Gasteiger partial charge in [0.2, 0.25) is 0 Å². The fourth-order valence-corrected chi connectivity index (χ4v) is 2.47. The molecule has 0 aromatic heterocycles. The van der Waals surface area contributed by atoms with E-state index in [1.807, 2.05) is 6.92 Å². The monoisotopic (exact) mass is 316 g/mol. The van der Waals surface area contributed by atoms with Crippen molar-refractivity contribution in [2.75, 3.05) is 6.61 Å². The van der Waals surface area contributed by atoms with Crippen LogP contribution < -0.4 is 0 Å². The predicted molar refractivity (Wildman–Crippen MR) is 75.9 cm³/mol. The number of carbonyl (C=O) groups is 3. The zero-order chi connectivity index (χ0) is 16.7. The van der Waals surface area contributed by atoms with Crippen molar-refractivity contribution < 1.29 is 33.3 Å². The maximum Gasteiger partial charge on any atom is 0.303 e. The highest BCUT2D eigenvalue weighted by molar-refractivity contribution is 5.68. The Morgan fingerprint density at radius 3 is 2.00 bits per heavy atom. The number of hydrogen-bond donors (Lipinski definition) is 0. The van der Waals surface area contributed by atoms with Crippen LogP contribution in [0.4, 0.5) is 0 Å². The summed E-state index contributed by atoms with van der Waals surface area (Å²) in [5, 5.41) is 0. The summed E-state index contributed by atoms with van der Waals surface area (Å²) in [5.41, 5.74) is 0. The molecule has 7 nitrogen and oxygen atoms in total. The first-order valence-electron chi connectivity index (χ1n) is 7.48. The third-order valence-electron chi connectivity index (χ3n) is 3.29. The molecule has 0 aromatic carbocycles. The standard InChI is InChI=1S/C15H24O7/c1-5-6-7-12-14(21-10(3)17)15(22-11(4)18)13(8-19-12)20-9(2)16/h12-15H,5-8H2,1-4H3/t12-,13-,14-,15+/m0/s1. The Morgan fingerprint density at radius 2 is 1.50 bits per heavy atom. The van der Waals surface area contributed by atoms with Gasteiger partial charge >= 0.3 is 17.9 Å². The first kappa shape index (κ1) is 18.4. The second kappa shape index (κ2) is 8.73. The first-order valence-corrected chi connectivity index (χ1v) is 7.48. The van der Waals surface area contributed by atoms with E-state index in [-0.39, 0.29) is 12.7 Å². The summed E-state index contributed by atoms with van der Waals surface area (Å²) in [6.07, 6.45) is -0.319. The molecule has 126 valence electrons. The molecular weight excluding hydrogens is 292 g/mol. The van der Waals surface area contributed by atoms with E-state index < -0.39 is 36.2 Å². The van der Waals surface area contributed by atoms with Crippen LogP contribution in [0.5, 0.6) is 0 Å². The number of unbranched alkanes of at least 4 members (excludes halogenated alkanes) is 1. The van der Waals surface area contributed by atoms with Crippen molar-refractivity contribution in [1.29, 1.82) is 0 Å². The summed E-state index contributed by atoms with van der Waals surface area (Å²) in [6.45, 7) is 5.93. The Morgan fingerprint density at radius 1 is 0.955 bits per heavy atom. The third-order valence-corrected chi connectivity index (χ3v) is 3.29. The summed E-state index contributed by atoms with van der Waals surface area (Å²) in [7, 11) is 0. The molecule has 0 aromatic rings. The fourth-order valence-electron chi connectivity index (χ4n) is 2.47. The second-order valence-electron chi connectivity index (χ2n) is 5.31. The van der Waals surface area contributed by atoms with Crippen LogP contribution in [0.25, 0.3) is 0 Å². The van der Waals surface area contributed by atoms with Gasteiger partial charge in [-0.2, -0.15) is 0 Å². The Balaban J connectivity index is 2.95. The van der Waals surface area contributed by atoms with E-state index in [9.17, 15) is 14.4 Å². The van der Waals surface area contributed by atoms with Gasteiger partial charge in [-0.05, 0) is 6.42 Å². The van der Waals surface area contributed by atoms with Crippen LogP contribution in [0, 0.1) is 0 Å². The van der Waals surface area contributed by atoms with E-state index in [0.717, 1.165) is 12.8 Å². The number of hydrogen-bond acceptors (Lipinski definition) is 7. The number of ether oxygens (including phenoxy) is 4. The van der Waals surface area contributed by atoms with E-state index in [1.165, 1.54) is 20.8 Å². The molecule has 0 radical (unpaired) electrons. The van der Waals surface area contributed by atoms with Gasteiger partial charge in [0.15, 0.2) is 18.3 Å². The molecule has 4 atom stereocenters. The van der Waals surface area contributed by atoms with Gasteiger partial charge in [-0.25, -0.2) is 0 Å². The van der Waals surface area contributed by atoms with Crippen molar-refractivity contribution in [2.24, 2.45) is 0 Å². The van der Waals surface area contributed by atoms with Crippen molar-refractivity contribution in [2.45, 2.75) is 71.4 Å². The molecule has 0 saturated carbocycles. The Kier molecular flexibility index (Phi) is 7.31. The normalized spacial score (nSPS) is 27.8. The minimum absolute atomic E-state index is 0.101. The molecule has 0 bridgehead atoms. The minimum atomic E-state index is -0.860. The van der Waals surface area contributed by atoms with Crippen LogP contribution in [0.1, 0.15) is 47.0 Å². The van der Waals surface area contributed by atoms with Crippen molar-refractivity contribution in [3.05, 3.63) is 0 Å². The van der Waals surface area contributed by atoms with E-state index in [1.54, 1.807) is 0 Å². The lowest BCUT2D eigenvalue weighted by Crippen LogP contribution is -2.57. The van der Waals surface area contributed by atoms with Gasteiger partial charge in [-0.1, -0.05) is 19.8 Å². The predicted octanol–water partition coefficient (Wildman–Crippen LogP) is 1.37. The van der Waals surface area contributed by atoms with Crippen molar-refractivity contribution >= 4 is 17.9 Å². The van der Waals surface area contributed by atoms with Gasteiger partial charge in [-0.3, -0.25) is 14.4 Å². The summed E-state index contributed by atoms with van der Waals surface area (Å²) >= 11 is 0. The molecule has 0 unspecified atom stereocenters. The van der Waals surface area contributed by atoms with Gasteiger partial charge < -0.3 is 18.9 Å². The lowest BCUT2D eigenvalue weighted by Gasteiger charge is -2.40.